The van der Waals surface area contributed by atoms with Crippen LogP contribution in [0.15, 0.2) is 47.5 Å². The van der Waals surface area contributed by atoms with E-state index in [1.807, 2.05) is 55.8 Å². The van der Waals surface area contributed by atoms with Crippen molar-refractivity contribution in [3.05, 3.63) is 65.0 Å². The van der Waals surface area contributed by atoms with Gasteiger partial charge in [-0.25, -0.2) is 4.98 Å². The normalized spacial score (nSPS) is 11.5. The molecule has 0 aliphatic heterocycles. The number of nitrogens with one attached hydrogen (secondary N) is 1. The summed E-state index contributed by atoms with van der Waals surface area (Å²) in [7, 11) is 0. The van der Waals surface area contributed by atoms with Crippen LogP contribution in [0.4, 0.5) is 5.69 Å². The van der Waals surface area contributed by atoms with Crippen LogP contribution in [0.5, 0.6) is 0 Å². The van der Waals surface area contributed by atoms with Crippen LogP contribution >= 0.6 is 11.8 Å². The first-order valence-electron chi connectivity index (χ1n) is 12.0. The number of nitrogens with zero attached hydrogens (tertiary/aromatic N) is 2. The zero-order valence-electron chi connectivity index (χ0n) is 21.4. The highest BCUT2D eigenvalue weighted by Crippen LogP contribution is 2.34. The van der Waals surface area contributed by atoms with Gasteiger partial charge in [0.25, 0.3) is 5.91 Å². The smallest absolute Gasteiger partial charge is 0.319 e. The van der Waals surface area contributed by atoms with Crippen molar-refractivity contribution >= 4 is 29.3 Å². The monoisotopic (exact) mass is 493 g/mol. The van der Waals surface area contributed by atoms with E-state index in [1.54, 1.807) is 13.8 Å². The first-order valence-corrected chi connectivity index (χ1v) is 12.8. The maximum atomic E-state index is 13.2. The van der Waals surface area contributed by atoms with Crippen molar-refractivity contribution in [2.45, 2.75) is 77.0 Å². The fourth-order valence-corrected chi connectivity index (χ4v) is 4.97. The second kappa shape index (κ2) is 11.1. The molecule has 0 saturated heterocycles. The number of hydrogen-bond acceptors (Lipinski definition) is 4. The third kappa shape index (κ3) is 6.54. The molecular weight excluding hydrogens is 458 g/mol. The Morgan fingerprint density at radius 3 is 2.26 bits per heavy atom. The molecule has 3 rings (SSSR count). The molecular formula is C28H35N3O3S. The van der Waals surface area contributed by atoms with E-state index >= 15 is 0 Å². The number of carbonyl (C=O) groups is 2. The van der Waals surface area contributed by atoms with Crippen molar-refractivity contribution in [1.29, 1.82) is 0 Å². The Morgan fingerprint density at radius 2 is 1.69 bits per heavy atom. The van der Waals surface area contributed by atoms with Gasteiger partial charge in [0.1, 0.15) is 16.3 Å². The van der Waals surface area contributed by atoms with Crippen LogP contribution < -0.4 is 5.32 Å². The molecule has 0 fully saturated rings. The van der Waals surface area contributed by atoms with Crippen LogP contribution in [0.2, 0.25) is 0 Å². The molecule has 1 aromatic heterocycles. The molecule has 0 spiro atoms. The van der Waals surface area contributed by atoms with Crippen molar-refractivity contribution in [1.82, 2.24) is 9.55 Å². The highest BCUT2D eigenvalue weighted by Gasteiger charge is 2.28. The van der Waals surface area contributed by atoms with E-state index in [2.05, 4.69) is 24.4 Å². The number of aryl methyl sites for hydroxylation is 4. The third-order valence-electron chi connectivity index (χ3n) is 5.93. The molecule has 0 unspecified atom stereocenters. The molecule has 0 radical (unpaired) electrons. The highest BCUT2D eigenvalue weighted by molar-refractivity contribution is 8.01. The number of aromatic nitrogens is 2. The molecule has 35 heavy (non-hydrogen) atoms. The van der Waals surface area contributed by atoms with Crippen LogP contribution in [0.1, 0.15) is 67.2 Å². The Bertz CT molecular complexity index is 1190. The number of anilines is 1. The number of thioether (sulfide) groups is 1. The predicted molar refractivity (Wildman–Crippen MR) is 143 cm³/mol. The number of benzene rings is 2. The molecule has 0 aliphatic carbocycles. The maximum absolute atomic E-state index is 13.2. The first-order chi connectivity index (χ1) is 16.5. The van der Waals surface area contributed by atoms with Gasteiger partial charge in [0, 0.05) is 28.9 Å². The van der Waals surface area contributed by atoms with Gasteiger partial charge in [0.2, 0.25) is 0 Å². The number of carboxylic acid groups (broad SMARTS) is 1. The number of unbranched alkanes of at least 4 members (excludes halogenated alkanes) is 2. The lowest BCUT2D eigenvalue weighted by Gasteiger charge is -2.18. The van der Waals surface area contributed by atoms with Crippen LogP contribution in [0.25, 0.3) is 11.4 Å². The summed E-state index contributed by atoms with van der Waals surface area (Å²) in [6.07, 6.45) is 5.03. The van der Waals surface area contributed by atoms with E-state index in [9.17, 15) is 14.7 Å². The van der Waals surface area contributed by atoms with E-state index in [0.29, 0.717) is 5.69 Å². The van der Waals surface area contributed by atoms with Crippen molar-refractivity contribution in [3.8, 4) is 11.4 Å². The van der Waals surface area contributed by atoms with Crippen molar-refractivity contribution in [3.63, 3.8) is 0 Å². The first kappa shape index (κ1) is 26.5. The number of rotatable bonds is 10. The molecule has 0 atom stereocenters. The average molecular weight is 494 g/mol. The molecule has 7 heteroatoms. The van der Waals surface area contributed by atoms with Gasteiger partial charge in [-0.3, -0.25) is 9.59 Å². The van der Waals surface area contributed by atoms with Gasteiger partial charge < -0.3 is 15.0 Å². The molecule has 6 nitrogen and oxygen atoms in total. The summed E-state index contributed by atoms with van der Waals surface area (Å²) in [4.78, 5) is 30.2. The molecule has 1 heterocycles. The van der Waals surface area contributed by atoms with Gasteiger partial charge >= 0.3 is 5.97 Å². The molecule has 1 amide bonds. The van der Waals surface area contributed by atoms with Gasteiger partial charge in [-0.2, -0.15) is 0 Å². The summed E-state index contributed by atoms with van der Waals surface area (Å²) in [5.74, 6) is -0.351. The number of carbonyl (C=O) groups excluding carboxylic acids is 1. The van der Waals surface area contributed by atoms with E-state index in [-0.39, 0.29) is 5.91 Å². The Kier molecular flexibility index (Phi) is 8.43. The number of imidazole rings is 1. The lowest BCUT2D eigenvalue weighted by atomic mass is 10.1. The zero-order chi connectivity index (χ0) is 25.8. The van der Waals surface area contributed by atoms with E-state index in [0.717, 1.165) is 64.5 Å². The summed E-state index contributed by atoms with van der Waals surface area (Å²) in [6, 6.07) is 11.8. The lowest BCUT2D eigenvalue weighted by molar-refractivity contribution is -0.138. The summed E-state index contributed by atoms with van der Waals surface area (Å²) >= 11 is 1.30. The molecule has 186 valence electrons. The summed E-state index contributed by atoms with van der Waals surface area (Å²) in [5.41, 5.74) is 5.30. The highest BCUT2D eigenvalue weighted by atomic mass is 32.2. The molecule has 0 aliphatic rings. The van der Waals surface area contributed by atoms with Crippen LogP contribution in [0.3, 0.4) is 0 Å². The molecule has 3 aromatic rings. The lowest BCUT2D eigenvalue weighted by Crippen LogP contribution is -2.26. The van der Waals surface area contributed by atoms with Gasteiger partial charge in [-0.05, 0) is 64.3 Å². The maximum Gasteiger partial charge on any atom is 0.319 e. The second-order valence-electron chi connectivity index (χ2n) is 9.52. The van der Waals surface area contributed by atoms with Crippen LogP contribution in [-0.4, -0.2) is 31.3 Å². The van der Waals surface area contributed by atoms with Crippen molar-refractivity contribution in [2.24, 2.45) is 0 Å². The SMILES string of the molecule is CCCCCn1cc(C(=O)Nc2c(C)cc(C)cc2C)nc1-c1ccc(SC(C)(C)C(=O)O)cc1. The van der Waals surface area contributed by atoms with Crippen LogP contribution in [-0.2, 0) is 11.3 Å². The van der Waals surface area contributed by atoms with Gasteiger partial charge in [-0.1, -0.05) is 49.6 Å². The second-order valence-corrected chi connectivity index (χ2v) is 11.2. The minimum absolute atomic E-state index is 0.231. The Hall–Kier alpha value is -3.06. The van der Waals surface area contributed by atoms with Crippen molar-refractivity contribution < 1.29 is 14.7 Å². The topological polar surface area (TPSA) is 84.2 Å². The average Bonchev–Trinajstić information content (AvgIpc) is 3.21. The van der Waals surface area contributed by atoms with E-state index in [1.165, 1.54) is 11.8 Å². The molecule has 0 saturated carbocycles. The number of carboxylic acids is 1. The quantitative estimate of drug-likeness (QED) is 0.238. The van der Waals surface area contributed by atoms with Gasteiger partial charge in [0.15, 0.2) is 0 Å². The minimum Gasteiger partial charge on any atom is -0.480 e. The largest absolute Gasteiger partial charge is 0.480 e. The molecule has 2 aromatic carbocycles. The summed E-state index contributed by atoms with van der Waals surface area (Å²) in [6.45, 7) is 12.4. The Balaban J connectivity index is 1.89. The fourth-order valence-electron chi connectivity index (χ4n) is 4.02. The van der Waals surface area contributed by atoms with Crippen molar-refractivity contribution in [2.75, 3.05) is 5.32 Å². The standard InChI is InChI=1S/C28H35N3O3S/c1-7-8-9-14-31-17-23(26(32)30-24-19(3)15-18(2)16-20(24)4)29-25(31)21-10-12-22(13-11-21)35-28(5,6)27(33)34/h10-13,15-17H,7-9,14H2,1-6H3,(H,30,32)(H,33,34). The number of hydrogen-bond donors (Lipinski definition) is 2. The Morgan fingerprint density at radius 1 is 1.06 bits per heavy atom. The number of amides is 1. The Labute approximate surface area is 212 Å². The molecule has 2 N–H and O–H groups in total. The predicted octanol–water partition coefficient (Wildman–Crippen LogP) is 6.87. The minimum atomic E-state index is -0.919. The van der Waals surface area contributed by atoms with E-state index < -0.39 is 10.7 Å². The summed E-state index contributed by atoms with van der Waals surface area (Å²) in [5, 5.41) is 12.5. The molecule has 0 bridgehead atoms. The van der Waals surface area contributed by atoms with Crippen LogP contribution in [0, 0.1) is 20.8 Å². The third-order valence-corrected chi connectivity index (χ3v) is 7.12. The van der Waals surface area contributed by atoms with E-state index in [4.69, 9.17) is 4.98 Å². The van der Waals surface area contributed by atoms with Gasteiger partial charge in [-0.15, -0.1) is 11.8 Å². The van der Waals surface area contributed by atoms with Gasteiger partial charge in [0.05, 0.1) is 0 Å². The number of aliphatic carboxylic acids is 1. The zero-order valence-corrected chi connectivity index (χ0v) is 22.3. The fraction of sp³-hybridized carbons (Fsp3) is 0.393. The summed E-state index contributed by atoms with van der Waals surface area (Å²) < 4.78 is 1.13.